The second-order valence-electron chi connectivity index (χ2n) is 8.66. The minimum atomic E-state index is 0.104. The van der Waals surface area contributed by atoms with E-state index >= 15 is 0 Å². The van der Waals surface area contributed by atoms with Crippen LogP contribution in [0, 0.1) is 6.92 Å². The summed E-state index contributed by atoms with van der Waals surface area (Å²) in [6.07, 6.45) is 8.90. The Kier molecular flexibility index (Phi) is 6.87. The lowest BCUT2D eigenvalue weighted by atomic mass is 9.92. The third kappa shape index (κ3) is 5.26. The van der Waals surface area contributed by atoms with E-state index in [4.69, 9.17) is 9.47 Å². The van der Waals surface area contributed by atoms with Gasteiger partial charge in [-0.1, -0.05) is 54.6 Å². The van der Waals surface area contributed by atoms with Crippen LogP contribution in [0.1, 0.15) is 33.9 Å². The number of hydrogen-bond acceptors (Lipinski definition) is 5. The Balaban J connectivity index is 1.36. The zero-order valence-corrected chi connectivity index (χ0v) is 20.1. The standard InChI is InChI=1S/C30H29N3O2/c1-21-17-25(30-32-14-6-15-33-30)10-9-23(21)11-12-27-26-19-28(34-2)29(18-24(26)13-16-31-27)35-20-22-7-4-3-5-8-22/h3-12,14-15,17-19,27,31H,13,16,20H2,1-2H3/b12-11+. The van der Waals surface area contributed by atoms with Crippen LogP contribution in [-0.4, -0.2) is 23.6 Å². The van der Waals surface area contributed by atoms with Crippen LogP contribution in [0.3, 0.4) is 0 Å². The fraction of sp³-hybridized carbons (Fsp3) is 0.200. The molecule has 2 heterocycles. The second kappa shape index (κ2) is 10.5. The molecule has 0 spiro atoms. The fourth-order valence-electron chi connectivity index (χ4n) is 4.43. The number of rotatable bonds is 7. The van der Waals surface area contributed by atoms with E-state index in [1.807, 2.05) is 24.3 Å². The van der Waals surface area contributed by atoms with Crippen molar-refractivity contribution in [3.05, 3.63) is 113 Å². The van der Waals surface area contributed by atoms with E-state index in [-0.39, 0.29) is 6.04 Å². The van der Waals surface area contributed by atoms with Gasteiger partial charge in [0, 0.05) is 24.5 Å². The summed E-state index contributed by atoms with van der Waals surface area (Å²) >= 11 is 0. The lowest BCUT2D eigenvalue weighted by Crippen LogP contribution is -2.28. The van der Waals surface area contributed by atoms with Crippen molar-refractivity contribution in [3.63, 3.8) is 0 Å². The molecule has 1 N–H and O–H groups in total. The zero-order chi connectivity index (χ0) is 24.0. The number of nitrogens with one attached hydrogen (secondary N) is 1. The molecule has 0 saturated heterocycles. The highest BCUT2D eigenvalue weighted by molar-refractivity contribution is 5.63. The first-order valence-electron chi connectivity index (χ1n) is 11.9. The van der Waals surface area contributed by atoms with Crippen molar-refractivity contribution in [2.45, 2.75) is 26.0 Å². The van der Waals surface area contributed by atoms with Crippen molar-refractivity contribution in [1.82, 2.24) is 15.3 Å². The number of hydrogen-bond donors (Lipinski definition) is 1. The molecule has 5 rings (SSSR count). The van der Waals surface area contributed by atoms with Gasteiger partial charge in [0.25, 0.3) is 0 Å². The van der Waals surface area contributed by atoms with Crippen molar-refractivity contribution in [2.75, 3.05) is 13.7 Å². The van der Waals surface area contributed by atoms with Gasteiger partial charge in [0.1, 0.15) is 6.61 Å². The summed E-state index contributed by atoms with van der Waals surface area (Å²) in [5.74, 6) is 2.28. The van der Waals surface area contributed by atoms with Crippen LogP contribution < -0.4 is 14.8 Å². The molecule has 0 amide bonds. The molecule has 5 heteroatoms. The van der Waals surface area contributed by atoms with Gasteiger partial charge < -0.3 is 14.8 Å². The molecular weight excluding hydrogens is 434 g/mol. The maximum absolute atomic E-state index is 6.13. The highest BCUT2D eigenvalue weighted by Crippen LogP contribution is 2.36. The van der Waals surface area contributed by atoms with Crippen molar-refractivity contribution in [1.29, 1.82) is 0 Å². The molecule has 4 aromatic rings. The lowest BCUT2D eigenvalue weighted by molar-refractivity contribution is 0.283. The molecule has 176 valence electrons. The Hall–Kier alpha value is -3.96. The number of nitrogens with zero attached hydrogens (tertiary/aromatic N) is 2. The number of ether oxygens (including phenoxy) is 2. The van der Waals surface area contributed by atoms with Crippen LogP contribution in [0.4, 0.5) is 0 Å². The number of methoxy groups -OCH3 is 1. The maximum atomic E-state index is 6.13. The van der Waals surface area contributed by atoms with Crippen LogP contribution in [0.5, 0.6) is 11.5 Å². The first kappa shape index (κ1) is 22.8. The van der Waals surface area contributed by atoms with Crippen molar-refractivity contribution in [3.8, 4) is 22.9 Å². The average Bonchev–Trinajstić information content (AvgIpc) is 2.91. The monoisotopic (exact) mass is 463 g/mol. The molecule has 1 aliphatic rings. The summed E-state index contributed by atoms with van der Waals surface area (Å²) in [4.78, 5) is 8.71. The predicted octanol–water partition coefficient (Wildman–Crippen LogP) is 5.94. The molecule has 0 radical (unpaired) electrons. The van der Waals surface area contributed by atoms with Gasteiger partial charge in [-0.15, -0.1) is 0 Å². The zero-order valence-electron chi connectivity index (χ0n) is 20.1. The van der Waals surface area contributed by atoms with Gasteiger partial charge in [0.15, 0.2) is 17.3 Å². The van der Waals surface area contributed by atoms with Gasteiger partial charge in [-0.05, 0) is 65.4 Å². The van der Waals surface area contributed by atoms with Gasteiger partial charge in [0.2, 0.25) is 0 Å². The van der Waals surface area contributed by atoms with E-state index in [1.165, 1.54) is 22.3 Å². The molecule has 35 heavy (non-hydrogen) atoms. The van der Waals surface area contributed by atoms with Crippen molar-refractivity contribution in [2.24, 2.45) is 0 Å². The van der Waals surface area contributed by atoms with Gasteiger partial charge in [-0.3, -0.25) is 0 Å². The van der Waals surface area contributed by atoms with Crippen LogP contribution in [0.25, 0.3) is 17.5 Å². The van der Waals surface area contributed by atoms with E-state index in [0.717, 1.165) is 41.4 Å². The Morgan fingerprint density at radius 1 is 0.971 bits per heavy atom. The topological polar surface area (TPSA) is 56.3 Å². The van der Waals surface area contributed by atoms with E-state index in [9.17, 15) is 0 Å². The largest absolute Gasteiger partial charge is 0.493 e. The average molecular weight is 464 g/mol. The highest BCUT2D eigenvalue weighted by Gasteiger charge is 2.21. The second-order valence-corrected chi connectivity index (χ2v) is 8.66. The van der Waals surface area contributed by atoms with E-state index in [0.29, 0.717) is 6.61 Å². The molecule has 0 bridgehead atoms. The van der Waals surface area contributed by atoms with E-state index in [1.54, 1.807) is 19.5 Å². The first-order valence-corrected chi connectivity index (χ1v) is 11.9. The third-order valence-electron chi connectivity index (χ3n) is 6.32. The lowest BCUT2D eigenvalue weighted by Gasteiger charge is -2.26. The number of aryl methyl sites for hydroxylation is 1. The van der Waals surface area contributed by atoms with Crippen LogP contribution >= 0.6 is 0 Å². The smallest absolute Gasteiger partial charge is 0.161 e. The Morgan fingerprint density at radius 3 is 2.57 bits per heavy atom. The Bertz CT molecular complexity index is 1320. The van der Waals surface area contributed by atoms with Crippen LogP contribution in [0.2, 0.25) is 0 Å². The van der Waals surface area contributed by atoms with Gasteiger partial charge in [0.05, 0.1) is 13.2 Å². The molecule has 1 aromatic heterocycles. The number of fused-ring (bicyclic) bond motifs is 1. The summed E-state index contributed by atoms with van der Waals surface area (Å²) in [5.41, 5.74) is 7.03. The molecule has 1 atom stereocenters. The Labute approximate surface area is 206 Å². The molecule has 0 aliphatic carbocycles. The molecular formula is C30H29N3O2. The molecule has 3 aromatic carbocycles. The van der Waals surface area contributed by atoms with Gasteiger partial charge >= 0.3 is 0 Å². The summed E-state index contributed by atoms with van der Waals surface area (Å²) in [5, 5.41) is 3.63. The minimum absolute atomic E-state index is 0.104. The normalized spacial score (nSPS) is 15.1. The minimum Gasteiger partial charge on any atom is -0.493 e. The predicted molar refractivity (Wildman–Crippen MR) is 139 cm³/mol. The SMILES string of the molecule is COc1cc2c(cc1OCc1ccccc1)CCNC2/C=C/c1ccc(-c2ncccn2)cc1C. The molecule has 1 unspecified atom stereocenters. The molecule has 5 nitrogen and oxygen atoms in total. The summed E-state index contributed by atoms with van der Waals surface area (Å²) in [6, 6.07) is 22.7. The number of aromatic nitrogens is 2. The Morgan fingerprint density at radius 2 is 1.80 bits per heavy atom. The fourth-order valence-corrected chi connectivity index (χ4v) is 4.43. The molecule has 1 aliphatic heterocycles. The molecule has 0 fully saturated rings. The van der Waals surface area contributed by atoms with Crippen LogP contribution in [0.15, 0.2) is 85.2 Å². The van der Waals surface area contributed by atoms with E-state index in [2.05, 4.69) is 76.8 Å². The van der Waals surface area contributed by atoms with Gasteiger partial charge in [-0.25, -0.2) is 9.97 Å². The maximum Gasteiger partial charge on any atom is 0.161 e. The quantitative estimate of drug-likeness (QED) is 0.368. The summed E-state index contributed by atoms with van der Waals surface area (Å²) in [7, 11) is 1.69. The summed E-state index contributed by atoms with van der Waals surface area (Å²) < 4.78 is 11.8. The first-order chi connectivity index (χ1) is 17.2. The van der Waals surface area contributed by atoms with Crippen LogP contribution in [-0.2, 0) is 13.0 Å². The number of benzene rings is 3. The third-order valence-corrected chi connectivity index (χ3v) is 6.32. The summed E-state index contributed by atoms with van der Waals surface area (Å²) in [6.45, 7) is 3.55. The van der Waals surface area contributed by atoms with Crippen molar-refractivity contribution < 1.29 is 9.47 Å². The molecule has 0 saturated carbocycles. The van der Waals surface area contributed by atoms with Crippen molar-refractivity contribution >= 4 is 6.08 Å². The highest BCUT2D eigenvalue weighted by atomic mass is 16.5. The van der Waals surface area contributed by atoms with Gasteiger partial charge in [-0.2, -0.15) is 0 Å². The van der Waals surface area contributed by atoms with E-state index < -0.39 is 0 Å².